The molecule has 3 N–H and O–H groups in total. The third-order valence-electron chi connectivity index (χ3n) is 2.09. The van der Waals surface area contributed by atoms with E-state index in [0.29, 0.717) is 17.5 Å². The van der Waals surface area contributed by atoms with Gasteiger partial charge in [0, 0.05) is 4.90 Å². The first kappa shape index (κ1) is 11.8. The van der Waals surface area contributed by atoms with E-state index in [-0.39, 0.29) is 0 Å². The highest BCUT2D eigenvalue weighted by atomic mass is 32.2. The minimum atomic E-state index is 0.641. The third-order valence-corrected chi connectivity index (χ3v) is 3.05. The Morgan fingerprint density at radius 1 is 1.47 bits per heavy atom. The molecule has 2 rings (SSSR count). The molecular weight excluding hydrogens is 236 g/mol. The molecular formula is C11H14N4OS. The zero-order chi connectivity index (χ0) is 12.1. The Morgan fingerprint density at radius 2 is 2.35 bits per heavy atom. The summed E-state index contributed by atoms with van der Waals surface area (Å²) in [5.41, 5.74) is 6.67. The Hall–Kier alpha value is -1.69. The highest BCUT2D eigenvalue weighted by Gasteiger charge is 2.08. The van der Waals surface area contributed by atoms with Gasteiger partial charge in [0.1, 0.15) is 12.1 Å². The standard InChI is InChI=1S/C11H14N4OS/c1-2-6-16-8-4-3-5-9(10(8)12)17-11-13-7-14-15-11/h3-5,7H,2,6,12H2,1H3,(H,13,14,15). The Labute approximate surface area is 104 Å². The number of hydrogen-bond donors (Lipinski definition) is 2. The van der Waals surface area contributed by atoms with E-state index in [4.69, 9.17) is 10.5 Å². The fraction of sp³-hybridized carbons (Fsp3) is 0.273. The molecule has 1 aromatic carbocycles. The van der Waals surface area contributed by atoms with E-state index in [1.54, 1.807) is 0 Å². The molecule has 0 aliphatic carbocycles. The highest BCUT2D eigenvalue weighted by Crippen LogP contribution is 2.35. The first-order valence-electron chi connectivity index (χ1n) is 5.35. The summed E-state index contributed by atoms with van der Waals surface area (Å²) in [4.78, 5) is 4.96. The molecule has 1 aromatic heterocycles. The van der Waals surface area contributed by atoms with Gasteiger partial charge >= 0.3 is 0 Å². The fourth-order valence-corrected chi connectivity index (χ4v) is 2.06. The average molecular weight is 250 g/mol. The van der Waals surface area contributed by atoms with Crippen molar-refractivity contribution >= 4 is 17.4 Å². The first-order chi connectivity index (χ1) is 8.31. The average Bonchev–Trinajstić information content (AvgIpc) is 2.83. The fourth-order valence-electron chi connectivity index (χ4n) is 1.30. The molecule has 1 heterocycles. The molecule has 0 fully saturated rings. The van der Waals surface area contributed by atoms with Gasteiger partial charge < -0.3 is 10.5 Å². The number of H-pyrrole nitrogens is 1. The van der Waals surface area contributed by atoms with Crippen LogP contribution in [0.5, 0.6) is 5.75 Å². The maximum atomic E-state index is 6.03. The van der Waals surface area contributed by atoms with Crippen LogP contribution in [0.4, 0.5) is 5.69 Å². The van der Waals surface area contributed by atoms with Gasteiger partial charge in [0.25, 0.3) is 0 Å². The van der Waals surface area contributed by atoms with Gasteiger partial charge in [-0.2, -0.15) is 5.10 Å². The summed E-state index contributed by atoms with van der Waals surface area (Å²) in [7, 11) is 0. The van der Waals surface area contributed by atoms with E-state index in [2.05, 4.69) is 22.1 Å². The summed E-state index contributed by atoms with van der Waals surface area (Å²) in [5.74, 6) is 0.719. The summed E-state index contributed by atoms with van der Waals surface area (Å²) in [5, 5.41) is 7.28. The highest BCUT2D eigenvalue weighted by molar-refractivity contribution is 7.99. The van der Waals surface area contributed by atoms with Crippen molar-refractivity contribution in [3.63, 3.8) is 0 Å². The lowest BCUT2D eigenvalue weighted by Gasteiger charge is -2.10. The van der Waals surface area contributed by atoms with Gasteiger partial charge in [-0.25, -0.2) is 4.98 Å². The quantitative estimate of drug-likeness (QED) is 0.796. The van der Waals surface area contributed by atoms with E-state index < -0.39 is 0 Å². The minimum absolute atomic E-state index is 0.641. The molecule has 0 radical (unpaired) electrons. The summed E-state index contributed by atoms with van der Waals surface area (Å²) < 4.78 is 5.56. The number of aromatic nitrogens is 3. The summed E-state index contributed by atoms with van der Waals surface area (Å²) in [6.07, 6.45) is 2.43. The van der Waals surface area contributed by atoms with Crippen LogP contribution >= 0.6 is 11.8 Å². The van der Waals surface area contributed by atoms with Crippen molar-refractivity contribution in [1.29, 1.82) is 0 Å². The number of nitrogens with two attached hydrogens (primary N) is 1. The zero-order valence-electron chi connectivity index (χ0n) is 9.51. The molecule has 90 valence electrons. The Morgan fingerprint density at radius 3 is 3.06 bits per heavy atom. The van der Waals surface area contributed by atoms with Crippen LogP contribution in [0.25, 0.3) is 0 Å². The number of ether oxygens (including phenoxy) is 1. The van der Waals surface area contributed by atoms with Crippen LogP contribution in [0.1, 0.15) is 13.3 Å². The van der Waals surface area contributed by atoms with E-state index in [1.807, 2.05) is 18.2 Å². The number of aromatic amines is 1. The smallest absolute Gasteiger partial charge is 0.188 e. The molecule has 0 bridgehead atoms. The summed E-state index contributed by atoms with van der Waals surface area (Å²) >= 11 is 1.43. The van der Waals surface area contributed by atoms with Gasteiger partial charge in [0.05, 0.1) is 12.3 Å². The summed E-state index contributed by atoms with van der Waals surface area (Å²) in [6, 6.07) is 5.72. The second-order valence-electron chi connectivity index (χ2n) is 3.41. The van der Waals surface area contributed by atoms with Crippen molar-refractivity contribution in [3.8, 4) is 5.75 Å². The van der Waals surface area contributed by atoms with Crippen LogP contribution in [0, 0.1) is 0 Å². The summed E-state index contributed by atoms with van der Waals surface area (Å²) in [6.45, 7) is 2.73. The van der Waals surface area contributed by atoms with Gasteiger partial charge in [-0.15, -0.1) is 0 Å². The number of nitrogens with one attached hydrogen (secondary N) is 1. The molecule has 0 amide bonds. The van der Waals surface area contributed by atoms with Crippen LogP contribution in [-0.2, 0) is 0 Å². The van der Waals surface area contributed by atoms with Gasteiger partial charge in [0.15, 0.2) is 5.16 Å². The van der Waals surface area contributed by atoms with Gasteiger partial charge in [0.2, 0.25) is 0 Å². The number of hydrogen-bond acceptors (Lipinski definition) is 5. The largest absolute Gasteiger partial charge is 0.491 e. The number of nitrogens with zero attached hydrogens (tertiary/aromatic N) is 2. The Balaban J connectivity index is 2.17. The number of para-hydroxylation sites is 1. The molecule has 6 heteroatoms. The monoisotopic (exact) mass is 250 g/mol. The molecule has 0 atom stereocenters. The Bertz CT molecular complexity index is 472. The second kappa shape index (κ2) is 5.58. The van der Waals surface area contributed by atoms with E-state index in [9.17, 15) is 0 Å². The molecule has 5 nitrogen and oxygen atoms in total. The second-order valence-corrected chi connectivity index (χ2v) is 4.44. The van der Waals surface area contributed by atoms with E-state index >= 15 is 0 Å². The number of nitrogen functional groups attached to an aromatic ring is 1. The molecule has 0 spiro atoms. The van der Waals surface area contributed by atoms with Crippen molar-refractivity contribution in [2.75, 3.05) is 12.3 Å². The molecule has 0 aliphatic rings. The molecule has 2 aromatic rings. The maximum Gasteiger partial charge on any atom is 0.188 e. The van der Waals surface area contributed by atoms with Crippen molar-refractivity contribution < 1.29 is 4.74 Å². The maximum absolute atomic E-state index is 6.03. The Kier molecular flexibility index (Phi) is 3.87. The first-order valence-corrected chi connectivity index (χ1v) is 6.17. The molecule has 17 heavy (non-hydrogen) atoms. The van der Waals surface area contributed by atoms with Crippen LogP contribution in [0.2, 0.25) is 0 Å². The van der Waals surface area contributed by atoms with Gasteiger partial charge in [-0.1, -0.05) is 13.0 Å². The molecule has 0 saturated heterocycles. The van der Waals surface area contributed by atoms with Gasteiger partial charge in [-0.05, 0) is 30.3 Å². The normalized spacial score (nSPS) is 10.4. The van der Waals surface area contributed by atoms with Gasteiger partial charge in [-0.3, -0.25) is 5.10 Å². The molecule has 0 aliphatic heterocycles. The van der Waals surface area contributed by atoms with Crippen LogP contribution in [0.15, 0.2) is 34.6 Å². The van der Waals surface area contributed by atoms with E-state index in [0.717, 1.165) is 17.1 Å². The third kappa shape index (κ3) is 2.91. The predicted octanol–water partition coefficient (Wildman–Crippen LogP) is 2.33. The lowest BCUT2D eigenvalue weighted by Crippen LogP contribution is -2.00. The molecule has 0 saturated carbocycles. The number of anilines is 1. The predicted molar refractivity (Wildman–Crippen MR) is 67.1 cm³/mol. The zero-order valence-corrected chi connectivity index (χ0v) is 10.3. The lowest BCUT2D eigenvalue weighted by atomic mass is 10.3. The van der Waals surface area contributed by atoms with Crippen molar-refractivity contribution in [2.24, 2.45) is 0 Å². The van der Waals surface area contributed by atoms with Crippen LogP contribution in [0.3, 0.4) is 0 Å². The van der Waals surface area contributed by atoms with Crippen molar-refractivity contribution in [2.45, 2.75) is 23.4 Å². The number of rotatable bonds is 5. The molecule has 0 unspecified atom stereocenters. The SMILES string of the molecule is CCCOc1cccc(Sc2ncn[nH]2)c1N. The van der Waals surface area contributed by atoms with E-state index in [1.165, 1.54) is 18.1 Å². The van der Waals surface area contributed by atoms with Crippen molar-refractivity contribution in [1.82, 2.24) is 15.2 Å². The number of benzene rings is 1. The minimum Gasteiger partial charge on any atom is -0.491 e. The topological polar surface area (TPSA) is 76.8 Å². The van der Waals surface area contributed by atoms with Crippen LogP contribution < -0.4 is 10.5 Å². The van der Waals surface area contributed by atoms with Crippen LogP contribution in [-0.4, -0.2) is 21.8 Å². The lowest BCUT2D eigenvalue weighted by molar-refractivity contribution is 0.318. The van der Waals surface area contributed by atoms with Crippen molar-refractivity contribution in [3.05, 3.63) is 24.5 Å².